The molecular weight excluding hydrogens is 276 g/mol. The third kappa shape index (κ3) is 4.04. The van der Waals surface area contributed by atoms with E-state index in [4.69, 9.17) is 9.47 Å². The number of cyclic esters (lactones) is 1. The smallest absolute Gasteiger partial charge is 0.418 e. The minimum atomic E-state index is -0.657. The number of carbonyl (C=O) groups excluding carboxylic acids is 2. The van der Waals surface area contributed by atoms with E-state index in [0.717, 1.165) is 0 Å². The van der Waals surface area contributed by atoms with Gasteiger partial charge in [-0.25, -0.2) is 24.5 Å². The molecule has 2 heterocycles. The van der Waals surface area contributed by atoms with Crippen molar-refractivity contribution >= 4 is 18.1 Å². The maximum absolute atomic E-state index is 12.3. The van der Waals surface area contributed by atoms with Gasteiger partial charge in [-0.2, -0.15) is 0 Å². The third-order valence-corrected chi connectivity index (χ3v) is 2.56. The average molecular weight is 294 g/mol. The Labute approximate surface area is 122 Å². The van der Waals surface area contributed by atoms with Gasteiger partial charge in [0.2, 0.25) is 5.95 Å². The summed E-state index contributed by atoms with van der Waals surface area (Å²) in [5, 5.41) is 0. The molecule has 0 bridgehead atoms. The van der Waals surface area contributed by atoms with Crippen LogP contribution in [0.25, 0.3) is 0 Å². The molecule has 0 N–H and O–H groups in total. The van der Waals surface area contributed by atoms with Gasteiger partial charge in [-0.05, 0) is 26.8 Å². The van der Waals surface area contributed by atoms with Crippen LogP contribution in [0.5, 0.6) is 0 Å². The molecule has 1 aromatic rings. The zero-order chi connectivity index (χ0) is 15.5. The van der Waals surface area contributed by atoms with Gasteiger partial charge < -0.3 is 9.47 Å². The van der Waals surface area contributed by atoms with Crippen LogP contribution in [0.15, 0.2) is 18.5 Å². The van der Waals surface area contributed by atoms with Crippen LogP contribution in [0.3, 0.4) is 0 Å². The van der Waals surface area contributed by atoms with Gasteiger partial charge in [0.1, 0.15) is 18.9 Å². The number of rotatable bonds is 3. The predicted octanol–water partition coefficient (Wildman–Crippen LogP) is 1.63. The number of anilines is 1. The maximum atomic E-state index is 12.3. The Balaban J connectivity index is 2.18. The number of aromatic nitrogens is 2. The standard InChI is InChI=1S/C13H18N4O4/c1-13(2,3)21-12(19)17(10-14-5-4-6-15-10)9-16-7-8-20-11(16)18/h4-6H,7-9H2,1-3H3. The summed E-state index contributed by atoms with van der Waals surface area (Å²) in [5.41, 5.74) is -0.657. The molecule has 114 valence electrons. The monoisotopic (exact) mass is 294 g/mol. The Morgan fingerprint density at radius 3 is 2.62 bits per heavy atom. The molecule has 1 aliphatic heterocycles. The number of ether oxygens (including phenoxy) is 2. The number of nitrogens with zero attached hydrogens (tertiary/aromatic N) is 4. The van der Waals surface area contributed by atoms with E-state index in [2.05, 4.69) is 9.97 Å². The van der Waals surface area contributed by atoms with Crippen molar-refractivity contribution in [2.75, 3.05) is 24.7 Å². The number of hydrogen-bond acceptors (Lipinski definition) is 6. The molecule has 8 heteroatoms. The molecule has 0 aliphatic carbocycles. The van der Waals surface area contributed by atoms with Crippen LogP contribution in [-0.2, 0) is 9.47 Å². The van der Waals surface area contributed by atoms with E-state index in [1.54, 1.807) is 26.8 Å². The summed E-state index contributed by atoms with van der Waals surface area (Å²) in [6, 6.07) is 1.64. The maximum Gasteiger partial charge on any atom is 0.418 e. The van der Waals surface area contributed by atoms with Gasteiger partial charge in [0.25, 0.3) is 0 Å². The first-order valence-electron chi connectivity index (χ1n) is 6.56. The first kappa shape index (κ1) is 15.0. The van der Waals surface area contributed by atoms with Crippen molar-refractivity contribution in [2.24, 2.45) is 0 Å². The minimum Gasteiger partial charge on any atom is -0.447 e. The zero-order valence-corrected chi connectivity index (χ0v) is 12.3. The molecule has 0 aromatic carbocycles. The fourth-order valence-electron chi connectivity index (χ4n) is 1.68. The van der Waals surface area contributed by atoms with E-state index in [-0.39, 0.29) is 12.6 Å². The van der Waals surface area contributed by atoms with Gasteiger partial charge >= 0.3 is 12.2 Å². The van der Waals surface area contributed by atoms with Gasteiger partial charge in [-0.3, -0.25) is 4.90 Å². The summed E-state index contributed by atoms with van der Waals surface area (Å²) in [5.74, 6) is 0.173. The van der Waals surface area contributed by atoms with Crippen molar-refractivity contribution in [1.29, 1.82) is 0 Å². The lowest BCUT2D eigenvalue weighted by Gasteiger charge is -2.28. The van der Waals surface area contributed by atoms with Crippen LogP contribution in [0.2, 0.25) is 0 Å². The fourth-order valence-corrected chi connectivity index (χ4v) is 1.68. The van der Waals surface area contributed by atoms with E-state index in [1.165, 1.54) is 22.2 Å². The van der Waals surface area contributed by atoms with Crippen molar-refractivity contribution < 1.29 is 19.1 Å². The molecule has 2 amide bonds. The highest BCUT2D eigenvalue weighted by molar-refractivity contribution is 5.86. The van der Waals surface area contributed by atoms with Gasteiger partial charge in [-0.1, -0.05) is 0 Å². The molecule has 1 aromatic heterocycles. The Hall–Kier alpha value is -2.38. The molecular formula is C13H18N4O4. The summed E-state index contributed by atoms with van der Waals surface area (Å²) < 4.78 is 10.2. The summed E-state index contributed by atoms with van der Waals surface area (Å²) in [7, 11) is 0. The van der Waals surface area contributed by atoms with Gasteiger partial charge in [0.05, 0.1) is 6.54 Å². The van der Waals surface area contributed by atoms with Gasteiger partial charge in [-0.15, -0.1) is 0 Å². The van der Waals surface area contributed by atoms with Crippen LogP contribution in [0.4, 0.5) is 15.5 Å². The van der Waals surface area contributed by atoms with Crippen LogP contribution in [-0.4, -0.2) is 52.5 Å². The number of hydrogen-bond donors (Lipinski definition) is 0. The largest absolute Gasteiger partial charge is 0.447 e. The Morgan fingerprint density at radius 1 is 1.43 bits per heavy atom. The van der Waals surface area contributed by atoms with Crippen LogP contribution in [0.1, 0.15) is 20.8 Å². The summed E-state index contributed by atoms with van der Waals surface area (Å²) in [6.07, 6.45) is 1.94. The van der Waals surface area contributed by atoms with Crippen molar-refractivity contribution in [3.8, 4) is 0 Å². The molecule has 0 spiro atoms. The first-order chi connectivity index (χ1) is 9.87. The van der Waals surface area contributed by atoms with Crippen molar-refractivity contribution in [3.63, 3.8) is 0 Å². The minimum absolute atomic E-state index is 0.0161. The normalized spacial score (nSPS) is 14.8. The zero-order valence-electron chi connectivity index (χ0n) is 12.3. The highest BCUT2D eigenvalue weighted by Crippen LogP contribution is 2.16. The lowest BCUT2D eigenvalue weighted by molar-refractivity contribution is 0.0562. The molecule has 2 rings (SSSR count). The Morgan fingerprint density at radius 2 is 2.10 bits per heavy atom. The third-order valence-electron chi connectivity index (χ3n) is 2.56. The van der Waals surface area contributed by atoms with Crippen molar-refractivity contribution in [2.45, 2.75) is 26.4 Å². The molecule has 0 atom stereocenters. The van der Waals surface area contributed by atoms with Crippen molar-refractivity contribution in [1.82, 2.24) is 14.9 Å². The number of amides is 2. The van der Waals surface area contributed by atoms with Crippen LogP contribution < -0.4 is 4.90 Å². The lowest BCUT2D eigenvalue weighted by Crippen LogP contribution is -2.45. The fraction of sp³-hybridized carbons (Fsp3) is 0.538. The lowest BCUT2D eigenvalue weighted by atomic mass is 10.2. The highest BCUT2D eigenvalue weighted by atomic mass is 16.6. The predicted molar refractivity (Wildman–Crippen MR) is 73.7 cm³/mol. The van der Waals surface area contributed by atoms with E-state index in [1.807, 2.05) is 0 Å². The molecule has 21 heavy (non-hydrogen) atoms. The van der Waals surface area contributed by atoms with Gasteiger partial charge in [0.15, 0.2) is 0 Å². The Kier molecular flexibility index (Phi) is 4.25. The van der Waals surface area contributed by atoms with E-state index >= 15 is 0 Å². The van der Waals surface area contributed by atoms with E-state index in [0.29, 0.717) is 13.2 Å². The topological polar surface area (TPSA) is 84.9 Å². The summed E-state index contributed by atoms with van der Waals surface area (Å²) in [4.78, 5) is 34.5. The Bertz CT molecular complexity index is 515. The van der Waals surface area contributed by atoms with Crippen LogP contribution >= 0.6 is 0 Å². The SMILES string of the molecule is CC(C)(C)OC(=O)N(CN1CCOC1=O)c1ncccn1. The molecule has 0 radical (unpaired) electrons. The second kappa shape index (κ2) is 5.94. The summed E-state index contributed by atoms with van der Waals surface area (Å²) in [6.45, 7) is 5.98. The second-order valence-electron chi connectivity index (χ2n) is 5.48. The quantitative estimate of drug-likeness (QED) is 0.842. The first-order valence-corrected chi connectivity index (χ1v) is 6.56. The van der Waals surface area contributed by atoms with Crippen molar-refractivity contribution in [3.05, 3.63) is 18.5 Å². The summed E-state index contributed by atoms with van der Waals surface area (Å²) >= 11 is 0. The molecule has 1 aliphatic rings. The average Bonchev–Trinajstić information content (AvgIpc) is 2.80. The molecule has 1 saturated heterocycles. The second-order valence-corrected chi connectivity index (χ2v) is 5.48. The molecule has 1 fully saturated rings. The van der Waals surface area contributed by atoms with E-state index < -0.39 is 17.8 Å². The number of carbonyl (C=O) groups is 2. The molecule has 0 saturated carbocycles. The van der Waals surface area contributed by atoms with Gasteiger partial charge in [0, 0.05) is 12.4 Å². The highest BCUT2D eigenvalue weighted by Gasteiger charge is 2.31. The molecule has 0 unspecified atom stereocenters. The molecule has 8 nitrogen and oxygen atoms in total. The van der Waals surface area contributed by atoms with Crippen LogP contribution in [0, 0.1) is 0 Å². The van der Waals surface area contributed by atoms with E-state index in [9.17, 15) is 9.59 Å².